The zero-order valence-electron chi connectivity index (χ0n) is 14.5. The monoisotopic (exact) mass is 454 g/mol. The van der Waals surface area contributed by atoms with E-state index in [0.29, 0.717) is 10.2 Å². The van der Waals surface area contributed by atoms with Crippen LogP contribution in [0.1, 0.15) is 11.3 Å². The summed E-state index contributed by atoms with van der Waals surface area (Å²) in [7, 11) is 0. The van der Waals surface area contributed by atoms with Gasteiger partial charge in [0.2, 0.25) is 5.91 Å². The van der Waals surface area contributed by atoms with Gasteiger partial charge in [-0.3, -0.25) is 9.59 Å². The SMILES string of the molecule is Cc1cc(NC(=O)Cn2cc(Br)ccc2=O)n(-c2cccc(C(F)(F)F)c2)n1. The lowest BCUT2D eigenvalue weighted by Gasteiger charge is -2.12. The van der Waals surface area contributed by atoms with Crippen LogP contribution in [0.4, 0.5) is 19.0 Å². The number of halogens is 4. The molecular formula is C18H14BrF3N4O2. The minimum Gasteiger partial charge on any atom is -0.309 e. The number of hydrogen-bond donors (Lipinski definition) is 1. The van der Waals surface area contributed by atoms with Crippen molar-refractivity contribution < 1.29 is 18.0 Å². The van der Waals surface area contributed by atoms with Gasteiger partial charge < -0.3 is 9.88 Å². The number of rotatable bonds is 4. The van der Waals surface area contributed by atoms with Crippen molar-refractivity contribution in [1.29, 1.82) is 0 Å². The van der Waals surface area contributed by atoms with Crippen LogP contribution in [0, 0.1) is 6.92 Å². The molecule has 2 aromatic heterocycles. The lowest BCUT2D eigenvalue weighted by molar-refractivity contribution is -0.137. The first-order chi connectivity index (χ1) is 13.1. The van der Waals surface area contributed by atoms with Gasteiger partial charge in [0.15, 0.2) is 0 Å². The Hall–Kier alpha value is -2.88. The Morgan fingerprint density at radius 1 is 1.21 bits per heavy atom. The summed E-state index contributed by atoms with van der Waals surface area (Å²) in [6.45, 7) is 1.39. The van der Waals surface area contributed by atoms with Crippen LogP contribution in [-0.4, -0.2) is 20.3 Å². The minimum atomic E-state index is -4.50. The molecule has 3 aromatic rings. The number of alkyl halides is 3. The molecule has 0 radical (unpaired) electrons. The van der Waals surface area contributed by atoms with Crippen LogP contribution in [0.2, 0.25) is 0 Å². The smallest absolute Gasteiger partial charge is 0.309 e. The average Bonchev–Trinajstić information content (AvgIpc) is 2.97. The molecule has 146 valence electrons. The van der Waals surface area contributed by atoms with Gasteiger partial charge in [-0.05, 0) is 47.1 Å². The molecule has 0 saturated carbocycles. The van der Waals surface area contributed by atoms with E-state index in [9.17, 15) is 22.8 Å². The van der Waals surface area contributed by atoms with E-state index in [4.69, 9.17) is 0 Å². The molecule has 0 spiro atoms. The number of nitrogens with zero attached hydrogens (tertiary/aromatic N) is 3. The molecule has 0 fully saturated rings. The van der Waals surface area contributed by atoms with Gasteiger partial charge >= 0.3 is 6.18 Å². The second-order valence-electron chi connectivity index (χ2n) is 5.99. The summed E-state index contributed by atoms with van der Waals surface area (Å²) >= 11 is 3.22. The number of aryl methyl sites for hydroxylation is 1. The van der Waals surface area contributed by atoms with E-state index in [-0.39, 0.29) is 23.6 Å². The molecule has 3 rings (SSSR count). The van der Waals surface area contributed by atoms with Gasteiger partial charge in [0.05, 0.1) is 16.9 Å². The molecule has 0 aliphatic carbocycles. The molecule has 1 aromatic carbocycles. The predicted octanol–water partition coefficient (Wildman–Crippen LogP) is 3.76. The van der Waals surface area contributed by atoms with Crippen LogP contribution in [0.3, 0.4) is 0 Å². The summed E-state index contributed by atoms with van der Waals surface area (Å²) in [6.07, 6.45) is -3.03. The molecule has 10 heteroatoms. The first-order valence-corrected chi connectivity index (χ1v) is 8.83. The largest absolute Gasteiger partial charge is 0.416 e. The molecule has 0 unspecified atom stereocenters. The lowest BCUT2D eigenvalue weighted by atomic mass is 10.2. The van der Waals surface area contributed by atoms with Gasteiger partial charge in [-0.25, -0.2) is 4.68 Å². The van der Waals surface area contributed by atoms with Gasteiger partial charge in [0.1, 0.15) is 12.4 Å². The Balaban J connectivity index is 1.88. The van der Waals surface area contributed by atoms with Crippen LogP contribution in [-0.2, 0) is 17.5 Å². The molecule has 2 heterocycles. The number of aromatic nitrogens is 3. The Labute approximate surface area is 165 Å². The van der Waals surface area contributed by atoms with Crippen molar-refractivity contribution in [2.75, 3.05) is 5.32 Å². The Morgan fingerprint density at radius 3 is 2.68 bits per heavy atom. The van der Waals surface area contributed by atoms with Gasteiger partial charge in [-0.15, -0.1) is 0 Å². The molecule has 0 aliphatic rings. The quantitative estimate of drug-likeness (QED) is 0.652. The fraction of sp³-hybridized carbons (Fsp3) is 0.167. The molecule has 1 N–H and O–H groups in total. The fourth-order valence-corrected chi connectivity index (χ4v) is 2.94. The number of pyridine rings is 1. The van der Waals surface area contributed by atoms with Crippen molar-refractivity contribution in [3.05, 3.63) is 74.7 Å². The predicted molar refractivity (Wildman–Crippen MR) is 100 cm³/mol. The second kappa shape index (κ2) is 7.63. The van der Waals surface area contributed by atoms with Gasteiger partial charge in [0.25, 0.3) is 5.56 Å². The van der Waals surface area contributed by atoms with Crippen LogP contribution < -0.4 is 10.9 Å². The van der Waals surface area contributed by atoms with Crippen LogP contribution >= 0.6 is 15.9 Å². The lowest BCUT2D eigenvalue weighted by Crippen LogP contribution is -2.27. The Bertz CT molecular complexity index is 1090. The standard InChI is InChI=1S/C18H14BrF3N4O2/c1-11-7-15(23-16(27)10-25-9-13(19)5-6-17(25)28)26(24-11)14-4-2-3-12(8-14)18(20,21)22/h2-9H,10H2,1H3,(H,23,27). The fourth-order valence-electron chi connectivity index (χ4n) is 2.56. The number of anilines is 1. The van der Waals surface area contributed by atoms with Gasteiger partial charge in [-0.1, -0.05) is 6.07 Å². The van der Waals surface area contributed by atoms with Crippen molar-refractivity contribution in [3.63, 3.8) is 0 Å². The summed E-state index contributed by atoms with van der Waals surface area (Å²) in [6, 6.07) is 9.02. The van der Waals surface area contributed by atoms with Crippen molar-refractivity contribution in [2.24, 2.45) is 0 Å². The van der Waals surface area contributed by atoms with E-state index in [2.05, 4.69) is 26.3 Å². The number of amides is 1. The van der Waals surface area contributed by atoms with Gasteiger partial charge in [-0.2, -0.15) is 18.3 Å². The van der Waals surface area contributed by atoms with E-state index >= 15 is 0 Å². The topological polar surface area (TPSA) is 68.9 Å². The third-order valence-electron chi connectivity index (χ3n) is 3.78. The number of hydrogen-bond acceptors (Lipinski definition) is 3. The highest BCUT2D eigenvalue weighted by atomic mass is 79.9. The van der Waals surface area contributed by atoms with Crippen LogP contribution in [0.15, 0.2) is 57.9 Å². The van der Waals surface area contributed by atoms with Crippen molar-refractivity contribution in [2.45, 2.75) is 19.6 Å². The molecule has 0 atom stereocenters. The highest BCUT2D eigenvalue weighted by Gasteiger charge is 2.30. The maximum absolute atomic E-state index is 13.0. The van der Waals surface area contributed by atoms with E-state index in [1.54, 1.807) is 13.0 Å². The molecule has 1 amide bonds. The zero-order valence-corrected chi connectivity index (χ0v) is 16.1. The summed E-state index contributed by atoms with van der Waals surface area (Å²) < 4.78 is 42.0. The van der Waals surface area contributed by atoms with Crippen molar-refractivity contribution in [3.8, 4) is 5.69 Å². The third-order valence-corrected chi connectivity index (χ3v) is 4.25. The van der Waals surface area contributed by atoms with E-state index in [1.165, 1.54) is 39.7 Å². The molecule has 0 aliphatic heterocycles. The van der Waals surface area contributed by atoms with Crippen LogP contribution in [0.25, 0.3) is 5.69 Å². The molecule has 0 saturated heterocycles. The Kier molecular flexibility index (Phi) is 5.41. The van der Waals surface area contributed by atoms with E-state index in [0.717, 1.165) is 12.1 Å². The maximum atomic E-state index is 13.0. The Morgan fingerprint density at radius 2 is 1.96 bits per heavy atom. The average molecular weight is 455 g/mol. The molecule has 0 bridgehead atoms. The molecule has 28 heavy (non-hydrogen) atoms. The number of carbonyl (C=O) groups excluding carboxylic acids is 1. The third kappa shape index (κ3) is 4.50. The normalized spacial score (nSPS) is 11.5. The highest BCUT2D eigenvalue weighted by molar-refractivity contribution is 9.10. The highest BCUT2D eigenvalue weighted by Crippen LogP contribution is 2.31. The van der Waals surface area contributed by atoms with Crippen LogP contribution in [0.5, 0.6) is 0 Å². The van der Waals surface area contributed by atoms with E-state index in [1.807, 2.05) is 0 Å². The summed E-state index contributed by atoms with van der Waals surface area (Å²) in [4.78, 5) is 24.2. The number of benzene rings is 1. The second-order valence-corrected chi connectivity index (χ2v) is 6.91. The van der Waals surface area contributed by atoms with E-state index < -0.39 is 17.6 Å². The molecular weight excluding hydrogens is 441 g/mol. The maximum Gasteiger partial charge on any atom is 0.416 e. The zero-order chi connectivity index (χ0) is 20.5. The van der Waals surface area contributed by atoms with Crippen molar-refractivity contribution in [1.82, 2.24) is 14.3 Å². The van der Waals surface area contributed by atoms with Gasteiger partial charge in [0, 0.05) is 22.8 Å². The number of carbonyl (C=O) groups is 1. The number of nitrogens with one attached hydrogen (secondary N) is 1. The minimum absolute atomic E-state index is 0.151. The summed E-state index contributed by atoms with van der Waals surface area (Å²) in [5.41, 5.74) is -0.526. The first kappa shape index (κ1) is 19.9. The molecule has 6 nitrogen and oxygen atoms in total. The summed E-state index contributed by atoms with van der Waals surface area (Å²) in [5.74, 6) is -0.321. The summed E-state index contributed by atoms with van der Waals surface area (Å²) in [5, 5.41) is 6.74. The van der Waals surface area contributed by atoms with Crippen molar-refractivity contribution >= 4 is 27.7 Å². The first-order valence-electron chi connectivity index (χ1n) is 8.03.